The first-order valence-electron chi connectivity index (χ1n) is 7.65. The van der Waals surface area contributed by atoms with E-state index in [1.54, 1.807) is 24.3 Å². The molecule has 0 radical (unpaired) electrons. The molecule has 0 N–H and O–H groups in total. The van der Waals surface area contributed by atoms with E-state index < -0.39 is 11.8 Å². The van der Waals surface area contributed by atoms with Gasteiger partial charge in [-0.05, 0) is 24.3 Å². The molecule has 1 aliphatic heterocycles. The lowest BCUT2D eigenvalue weighted by Crippen LogP contribution is -2.07. The number of aliphatic imine (C=N–C) groups is 1. The maximum Gasteiger partial charge on any atom is 0.363 e. The van der Waals surface area contributed by atoms with Gasteiger partial charge in [0.05, 0.1) is 26.9 Å². The molecule has 0 bridgehead atoms. The van der Waals surface area contributed by atoms with Crippen LogP contribution in [0.3, 0.4) is 0 Å². The van der Waals surface area contributed by atoms with Crippen LogP contribution in [0.25, 0.3) is 6.08 Å². The lowest BCUT2D eigenvalue weighted by atomic mass is 10.1. The number of rotatable bonds is 5. The molecule has 0 saturated heterocycles. The maximum atomic E-state index is 13.9. The van der Waals surface area contributed by atoms with Crippen LogP contribution in [0.5, 0.6) is 17.2 Å². The number of carbonyl (C=O) groups is 1. The molecule has 3 rings (SSSR count). The fourth-order valence-electron chi connectivity index (χ4n) is 2.47. The Labute approximate surface area is 149 Å². The summed E-state index contributed by atoms with van der Waals surface area (Å²) in [5.41, 5.74) is 0.674. The summed E-state index contributed by atoms with van der Waals surface area (Å²) in [6, 6.07) is 9.21. The average Bonchev–Trinajstić information content (AvgIpc) is 3.01. The van der Waals surface area contributed by atoms with Crippen molar-refractivity contribution in [3.8, 4) is 17.2 Å². The van der Waals surface area contributed by atoms with E-state index in [0.29, 0.717) is 22.8 Å². The molecule has 0 unspecified atom stereocenters. The quantitative estimate of drug-likeness (QED) is 0.607. The summed E-state index contributed by atoms with van der Waals surface area (Å²) in [4.78, 5) is 16.2. The second-order valence-corrected chi connectivity index (χ2v) is 5.27. The molecule has 2 aromatic carbocycles. The first kappa shape index (κ1) is 17.5. The van der Waals surface area contributed by atoms with E-state index in [1.807, 2.05) is 0 Å². The second-order valence-electron chi connectivity index (χ2n) is 5.27. The molecule has 6 nitrogen and oxygen atoms in total. The highest BCUT2D eigenvalue weighted by molar-refractivity contribution is 6.13. The van der Waals surface area contributed by atoms with Crippen molar-refractivity contribution >= 4 is 17.9 Å². The molecule has 0 fully saturated rings. The minimum absolute atomic E-state index is 0.0220. The van der Waals surface area contributed by atoms with Gasteiger partial charge >= 0.3 is 5.97 Å². The third kappa shape index (κ3) is 3.23. The summed E-state index contributed by atoms with van der Waals surface area (Å²) in [6.07, 6.45) is 1.48. The number of cyclic esters (lactones) is 1. The van der Waals surface area contributed by atoms with Crippen LogP contribution in [0.1, 0.15) is 11.1 Å². The second kappa shape index (κ2) is 7.26. The molecule has 7 heteroatoms. The van der Waals surface area contributed by atoms with E-state index in [1.165, 1.54) is 39.5 Å². The van der Waals surface area contributed by atoms with Crippen molar-refractivity contribution in [2.24, 2.45) is 4.99 Å². The van der Waals surface area contributed by atoms with Crippen molar-refractivity contribution in [1.82, 2.24) is 0 Å². The summed E-state index contributed by atoms with van der Waals surface area (Å²) in [5, 5.41) is 0. The Morgan fingerprint density at radius 2 is 1.65 bits per heavy atom. The molecule has 134 valence electrons. The minimum Gasteiger partial charge on any atom is -0.496 e. The monoisotopic (exact) mass is 357 g/mol. The largest absolute Gasteiger partial charge is 0.496 e. The van der Waals surface area contributed by atoms with E-state index in [4.69, 9.17) is 18.9 Å². The molecule has 1 aliphatic rings. The number of carbonyl (C=O) groups excluding carboxylic acids is 1. The predicted octanol–water partition coefficient (Wildman–Crippen LogP) is 3.20. The molecule has 0 aromatic heterocycles. The molecule has 0 atom stereocenters. The molecule has 0 saturated carbocycles. The van der Waals surface area contributed by atoms with Crippen LogP contribution in [0.15, 0.2) is 47.1 Å². The van der Waals surface area contributed by atoms with Crippen molar-refractivity contribution in [3.05, 3.63) is 59.0 Å². The van der Waals surface area contributed by atoms with Crippen molar-refractivity contribution in [2.75, 3.05) is 21.3 Å². The van der Waals surface area contributed by atoms with Crippen LogP contribution in [0, 0.1) is 5.82 Å². The summed E-state index contributed by atoms with van der Waals surface area (Å²) in [5.74, 6) is 0.112. The predicted molar refractivity (Wildman–Crippen MR) is 93.1 cm³/mol. The van der Waals surface area contributed by atoms with Crippen LogP contribution in [-0.4, -0.2) is 33.2 Å². The molecule has 0 aliphatic carbocycles. The van der Waals surface area contributed by atoms with Crippen molar-refractivity contribution in [3.63, 3.8) is 0 Å². The number of methoxy groups -OCH3 is 3. The number of hydrogen-bond acceptors (Lipinski definition) is 6. The van der Waals surface area contributed by atoms with E-state index in [9.17, 15) is 9.18 Å². The third-order valence-corrected chi connectivity index (χ3v) is 3.75. The minimum atomic E-state index is -0.680. The van der Waals surface area contributed by atoms with E-state index in [2.05, 4.69) is 4.99 Å². The van der Waals surface area contributed by atoms with Crippen molar-refractivity contribution in [1.29, 1.82) is 0 Å². The Hall–Kier alpha value is -3.35. The smallest absolute Gasteiger partial charge is 0.363 e. The number of ether oxygens (including phenoxy) is 4. The number of hydrogen-bond donors (Lipinski definition) is 0. The van der Waals surface area contributed by atoms with E-state index >= 15 is 0 Å². The van der Waals surface area contributed by atoms with Gasteiger partial charge in [0.15, 0.2) is 17.2 Å². The number of nitrogens with zero attached hydrogens (tertiary/aromatic N) is 1. The molecule has 0 amide bonds. The lowest BCUT2D eigenvalue weighted by molar-refractivity contribution is -0.129. The molecule has 0 spiro atoms. The highest BCUT2D eigenvalue weighted by Crippen LogP contribution is 2.36. The molecule has 2 aromatic rings. The zero-order valence-corrected chi connectivity index (χ0v) is 14.4. The van der Waals surface area contributed by atoms with Gasteiger partial charge in [0.1, 0.15) is 11.6 Å². The van der Waals surface area contributed by atoms with Gasteiger partial charge < -0.3 is 18.9 Å². The Balaban J connectivity index is 2.04. The Morgan fingerprint density at radius 1 is 1.00 bits per heavy atom. The summed E-state index contributed by atoms with van der Waals surface area (Å²) < 4.78 is 34.8. The summed E-state index contributed by atoms with van der Waals surface area (Å²) in [6.45, 7) is 0. The Kier molecular flexibility index (Phi) is 4.88. The molecule has 1 heterocycles. The first-order valence-corrected chi connectivity index (χ1v) is 7.65. The van der Waals surface area contributed by atoms with E-state index in [0.717, 1.165) is 0 Å². The first-order chi connectivity index (χ1) is 12.6. The van der Waals surface area contributed by atoms with Gasteiger partial charge in [0, 0.05) is 11.6 Å². The van der Waals surface area contributed by atoms with Gasteiger partial charge in [-0.25, -0.2) is 14.2 Å². The van der Waals surface area contributed by atoms with E-state index in [-0.39, 0.29) is 17.2 Å². The van der Waals surface area contributed by atoms with Crippen molar-refractivity contribution < 1.29 is 28.1 Å². The number of benzene rings is 2. The van der Waals surface area contributed by atoms with Gasteiger partial charge in [-0.3, -0.25) is 0 Å². The van der Waals surface area contributed by atoms with Crippen LogP contribution >= 0.6 is 0 Å². The fraction of sp³-hybridized carbons (Fsp3) is 0.158. The van der Waals surface area contributed by atoms with Crippen LogP contribution in [0.4, 0.5) is 4.39 Å². The molecular weight excluding hydrogens is 341 g/mol. The van der Waals surface area contributed by atoms with Crippen LogP contribution in [-0.2, 0) is 9.53 Å². The van der Waals surface area contributed by atoms with Gasteiger partial charge in [0.25, 0.3) is 0 Å². The van der Waals surface area contributed by atoms with Crippen LogP contribution in [0.2, 0.25) is 0 Å². The Bertz CT molecular complexity index is 920. The topological polar surface area (TPSA) is 66.3 Å². The van der Waals surface area contributed by atoms with Gasteiger partial charge in [-0.2, -0.15) is 0 Å². The summed E-state index contributed by atoms with van der Waals surface area (Å²) >= 11 is 0. The van der Waals surface area contributed by atoms with Gasteiger partial charge in [-0.15, -0.1) is 0 Å². The SMILES string of the molecule is COc1cc(OC)c(OC)cc1/C=C1/N=C(c2ccccc2F)OC1=O. The van der Waals surface area contributed by atoms with Gasteiger partial charge in [0.2, 0.25) is 5.90 Å². The highest BCUT2D eigenvalue weighted by atomic mass is 19.1. The summed E-state index contributed by atoms with van der Waals surface area (Å²) in [7, 11) is 4.50. The van der Waals surface area contributed by atoms with Gasteiger partial charge in [-0.1, -0.05) is 12.1 Å². The average molecular weight is 357 g/mol. The third-order valence-electron chi connectivity index (χ3n) is 3.75. The fourth-order valence-corrected chi connectivity index (χ4v) is 2.47. The van der Waals surface area contributed by atoms with Crippen LogP contribution < -0.4 is 14.2 Å². The molecular formula is C19H16FNO5. The molecule has 26 heavy (non-hydrogen) atoms. The zero-order chi connectivity index (χ0) is 18.7. The maximum absolute atomic E-state index is 13.9. The zero-order valence-electron chi connectivity index (χ0n) is 14.4. The number of esters is 1. The normalized spacial score (nSPS) is 14.8. The number of halogens is 1. The van der Waals surface area contributed by atoms with Crippen molar-refractivity contribution in [2.45, 2.75) is 0 Å². The highest BCUT2D eigenvalue weighted by Gasteiger charge is 2.26. The Morgan fingerprint density at radius 3 is 2.31 bits per heavy atom. The standard InChI is InChI=1S/C19H16FNO5/c1-23-15-10-17(25-3)16(24-2)9-11(15)8-14-19(22)26-18(21-14)12-6-4-5-7-13(12)20/h4-10H,1-3H3/b14-8+. The lowest BCUT2D eigenvalue weighted by Gasteiger charge is -2.12.